The summed E-state index contributed by atoms with van der Waals surface area (Å²) in [5.41, 5.74) is 0.243. The Labute approximate surface area is 181 Å². The highest BCUT2D eigenvalue weighted by atomic mass is 32.1. The third-order valence-corrected chi connectivity index (χ3v) is 6.53. The van der Waals surface area contributed by atoms with E-state index in [1.165, 1.54) is 40.9 Å². The van der Waals surface area contributed by atoms with Gasteiger partial charge in [0, 0.05) is 17.2 Å². The molecule has 4 aromatic rings. The highest BCUT2D eigenvalue weighted by molar-refractivity contribution is 7.17. The highest BCUT2D eigenvalue weighted by Crippen LogP contribution is 2.30. The number of thiophene rings is 2. The van der Waals surface area contributed by atoms with Gasteiger partial charge in [-0.3, -0.25) is 9.59 Å². The summed E-state index contributed by atoms with van der Waals surface area (Å²) < 4.78 is 2.14. The molecular weight excluding hydrogens is 446 g/mol. The minimum Gasteiger partial charge on any atom is -0.351 e. The molecule has 0 atom stereocenters. The molecule has 0 saturated heterocycles. The van der Waals surface area contributed by atoms with E-state index in [1.807, 2.05) is 22.9 Å². The van der Waals surface area contributed by atoms with Crippen LogP contribution in [0.3, 0.4) is 0 Å². The summed E-state index contributed by atoms with van der Waals surface area (Å²) in [6.45, 7) is 1.67. The molecule has 0 aliphatic heterocycles. The molecule has 0 saturated carbocycles. The number of rotatable bonds is 7. The summed E-state index contributed by atoms with van der Waals surface area (Å²) in [4.78, 5) is 42.0. The minimum absolute atomic E-state index is 0.0851. The first-order valence-electron chi connectivity index (χ1n) is 8.65. The molecule has 2 amide bonds. The maximum Gasteiger partial charge on any atom is 0.369 e. The fourth-order valence-electron chi connectivity index (χ4n) is 2.46. The molecule has 2 N–H and O–H groups in total. The number of nitrogens with one attached hydrogen (secondary N) is 2. The maximum absolute atomic E-state index is 12.3. The Balaban J connectivity index is 1.39. The molecule has 0 aliphatic carbocycles. The van der Waals surface area contributed by atoms with Gasteiger partial charge in [-0.25, -0.2) is 9.78 Å². The van der Waals surface area contributed by atoms with Crippen LogP contribution in [0, 0.1) is 0 Å². The minimum atomic E-state index is -0.488. The van der Waals surface area contributed by atoms with Gasteiger partial charge in [-0.05, 0) is 40.1 Å². The van der Waals surface area contributed by atoms with E-state index < -0.39 is 11.6 Å². The van der Waals surface area contributed by atoms with E-state index in [4.69, 9.17) is 0 Å². The number of carbonyl (C=O) groups excluding carboxylic acids is 2. The van der Waals surface area contributed by atoms with Crippen molar-refractivity contribution < 1.29 is 9.59 Å². The Morgan fingerprint density at radius 1 is 1.17 bits per heavy atom. The van der Waals surface area contributed by atoms with Crippen LogP contribution in [-0.2, 0) is 22.7 Å². The number of thiazole rings is 1. The van der Waals surface area contributed by atoms with Crippen molar-refractivity contribution in [3.8, 4) is 15.6 Å². The largest absolute Gasteiger partial charge is 0.369 e. The van der Waals surface area contributed by atoms with Gasteiger partial charge in [0.15, 0.2) is 5.13 Å². The molecule has 4 heterocycles. The normalized spacial score (nSPS) is 10.8. The van der Waals surface area contributed by atoms with E-state index >= 15 is 0 Å². The standard InChI is InChI=1S/C17H15N7O3S3/c1-10(25)18-7-11-4-5-13(30-11)12-9-29-16(19-12)20-14(26)8-23-17(27)24(22-21-23)15-3-2-6-28-15/h2-6,9H,7-8H2,1H3,(H,18,25)(H,19,20,26). The van der Waals surface area contributed by atoms with Crippen molar-refractivity contribution >= 4 is 51.0 Å². The number of tetrazole rings is 1. The van der Waals surface area contributed by atoms with Gasteiger partial charge in [0.1, 0.15) is 11.5 Å². The summed E-state index contributed by atoms with van der Waals surface area (Å²) in [6, 6.07) is 7.39. The molecule has 0 unspecified atom stereocenters. The van der Waals surface area contributed by atoms with Crippen molar-refractivity contribution in [1.82, 2.24) is 30.1 Å². The zero-order valence-corrected chi connectivity index (χ0v) is 18.0. The van der Waals surface area contributed by atoms with E-state index in [2.05, 4.69) is 26.0 Å². The fourth-order valence-corrected chi connectivity index (χ4v) is 4.84. The van der Waals surface area contributed by atoms with Crippen molar-refractivity contribution in [3.05, 3.63) is 50.4 Å². The van der Waals surface area contributed by atoms with E-state index in [1.54, 1.807) is 12.1 Å². The number of hydrogen-bond donors (Lipinski definition) is 2. The van der Waals surface area contributed by atoms with Crippen LogP contribution in [0.15, 0.2) is 39.8 Å². The van der Waals surface area contributed by atoms with Crippen LogP contribution in [0.25, 0.3) is 15.6 Å². The van der Waals surface area contributed by atoms with Gasteiger partial charge in [-0.2, -0.15) is 9.36 Å². The quantitative estimate of drug-likeness (QED) is 0.434. The lowest BCUT2D eigenvalue weighted by atomic mass is 10.3. The third kappa shape index (κ3) is 4.53. The second-order valence-corrected chi connectivity index (χ2v) is 9.00. The van der Waals surface area contributed by atoms with Crippen molar-refractivity contribution in [2.45, 2.75) is 20.0 Å². The van der Waals surface area contributed by atoms with Crippen molar-refractivity contribution in [2.75, 3.05) is 5.32 Å². The van der Waals surface area contributed by atoms with E-state index in [-0.39, 0.29) is 12.5 Å². The summed E-state index contributed by atoms with van der Waals surface area (Å²) in [6.07, 6.45) is 0. The van der Waals surface area contributed by atoms with Gasteiger partial charge in [0.2, 0.25) is 11.8 Å². The number of amides is 2. The average molecular weight is 462 g/mol. The van der Waals surface area contributed by atoms with Crippen molar-refractivity contribution in [1.29, 1.82) is 0 Å². The summed E-state index contributed by atoms with van der Waals surface area (Å²) >= 11 is 4.15. The van der Waals surface area contributed by atoms with Gasteiger partial charge in [-0.15, -0.1) is 34.0 Å². The average Bonchev–Trinajstić information content (AvgIpc) is 3.48. The van der Waals surface area contributed by atoms with Crippen LogP contribution in [0.5, 0.6) is 0 Å². The first-order chi connectivity index (χ1) is 14.5. The Morgan fingerprint density at radius 3 is 2.80 bits per heavy atom. The van der Waals surface area contributed by atoms with Crippen molar-refractivity contribution in [3.63, 3.8) is 0 Å². The molecule has 0 radical (unpaired) electrons. The topological polar surface area (TPSA) is 124 Å². The van der Waals surface area contributed by atoms with Gasteiger partial charge < -0.3 is 10.6 Å². The molecule has 4 aromatic heterocycles. The molecule has 10 nitrogen and oxygen atoms in total. The van der Waals surface area contributed by atoms with E-state index in [0.717, 1.165) is 24.8 Å². The monoisotopic (exact) mass is 461 g/mol. The molecule has 0 bridgehead atoms. The molecule has 0 aliphatic rings. The molecule has 0 spiro atoms. The first-order valence-corrected chi connectivity index (χ1v) is 11.2. The number of nitrogens with zero attached hydrogens (tertiary/aromatic N) is 5. The maximum atomic E-state index is 12.3. The van der Waals surface area contributed by atoms with Crippen LogP contribution in [0.4, 0.5) is 5.13 Å². The molecular formula is C17H15N7O3S3. The molecule has 154 valence electrons. The second-order valence-electron chi connectivity index (χ2n) is 6.04. The molecule has 13 heteroatoms. The molecule has 0 aromatic carbocycles. The zero-order chi connectivity index (χ0) is 21.1. The Kier molecular flexibility index (Phi) is 5.83. The molecule has 0 fully saturated rings. The summed E-state index contributed by atoms with van der Waals surface area (Å²) in [5, 5.41) is 17.7. The Bertz CT molecular complexity index is 1240. The SMILES string of the molecule is CC(=O)NCc1ccc(-c2csc(NC(=O)Cn3nnn(-c4cccs4)c3=O)n2)s1. The van der Waals surface area contributed by atoms with Crippen LogP contribution in [0.1, 0.15) is 11.8 Å². The zero-order valence-electron chi connectivity index (χ0n) is 15.6. The van der Waals surface area contributed by atoms with Crippen LogP contribution in [0.2, 0.25) is 0 Å². The van der Waals surface area contributed by atoms with E-state index in [9.17, 15) is 14.4 Å². The Morgan fingerprint density at radius 2 is 2.03 bits per heavy atom. The van der Waals surface area contributed by atoms with Crippen LogP contribution in [-0.4, -0.2) is 36.6 Å². The lowest BCUT2D eigenvalue weighted by Crippen LogP contribution is -2.29. The Hall–Kier alpha value is -3.16. The first kappa shape index (κ1) is 20.1. The predicted molar refractivity (Wildman–Crippen MR) is 115 cm³/mol. The summed E-state index contributed by atoms with van der Waals surface area (Å²) in [5.74, 6) is -0.508. The number of hydrogen-bond acceptors (Lipinski definition) is 9. The van der Waals surface area contributed by atoms with Gasteiger partial charge in [0.25, 0.3) is 0 Å². The van der Waals surface area contributed by atoms with Gasteiger partial charge in [0.05, 0.1) is 17.1 Å². The van der Waals surface area contributed by atoms with Crippen molar-refractivity contribution in [2.24, 2.45) is 0 Å². The molecule has 30 heavy (non-hydrogen) atoms. The smallest absolute Gasteiger partial charge is 0.351 e. The third-order valence-electron chi connectivity index (χ3n) is 3.82. The fraction of sp³-hybridized carbons (Fsp3) is 0.176. The summed E-state index contributed by atoms with van der Waals surface area (Å²) in [7, 11) is 0. The predicted octanol–water partition coefficient (Wildman–Crippen LogP) is 1.95. The number of aromatic nitrogens is 5. The van der Waals surface area contributed by atoms with Crippen LogP contribution >= 0.6 is 34.0 Å². The molecule has 4 rings (SSSR count). The number of anilines is 1. The second kappa shape index (κ2) is 8.69. The highest BCUT2D eigenvalue weighted by Gasteiger charge is 2.15. The van der Waals surface area contributed by atoms with Crippen LogP contribution < -0.4 is 16.3 Å². The number of carbonyl (C=O) groups is 2. The van der Waals surface area contributed by atoms with Gasteiger partial charge in [-0.1, -0.05) is 0 Å². The lowest BCUT2D eigenvalue weighted by molar-refractivity contribution is -0.119. The van der Waals surface area contributed by atoms with E-state index in [0.29, 0.717) is 16.7 Å². The lowest BCUT2D eigenvalue weighted by Gasteiger charge is -2.00. The van der Waals surface area contributed by atoms with Gasteiger partial charge >= 0.3 is 5.69 Å².